The Bertz CT molecular complexity index is 226. The quantitative estimate of drug-likeness (QED) is 0.507. The summed E-state index contributed by atoms with van der Waals surface area (Å²) >= 11 is 0. The number of hydrogen-bond acceptors (Lipinski definition) is 2. The molecule has 0 aliphatic carbocycles. The second-order valence-corrected chi connectivity index (χ2v) is 2.98. The molecule has 1 N–H and O–H groups in total. The SMILES string of the molecule is CC#CC(=O)N1CCN[C@H](C)C1. The Morgan fingerprint density at radius 2 is 2.42 bits per heavy atom. The highest BCUT2D eigenvalue weighted by atomic mass is 16.2. The molecule has 1 atom stereocenters. The lowest BCUT2D eigenvalue weighted by Crippen LogP contribution is -2.51. The minimum absolute atomic E-state index is 0.0501. The van der Waals surface area contributed by atoms with E-state index in [1.807, 2.05) is 0 Å². The van der Waals surface area contributed by atoms with Crippen molar-refractivity contribution in [2.24, 2.45) is 0 Å². The number of nitrogens with zero attached hydrogens (tertiary/aromatic N) is 1. The van der Waals surface area contributed by atoms with E-state index in [1.165, 1.54) is 0 Å². The molecule has 3 nitrogen and oxygen atoms in total. The van der Waals surface area contributed by atoms with Gasteiger partial charge in [-0.3, -0.25) is 4.79 Å². The maximum absolute atomic E-state index is 11.3. The van der Waals surface area contributed by atoms with Gasteiger partial charge in [-0.25, -0.2) is 0 Å². The molecule has 1 fully saturated rings. The van der Waals surface area contributed by atoms with E-state index in [4.69, 9.17) is 0 Å². The van der Waals surface area contributed by atoms with Crippen LogP contribution in [0.1, 0.15) is 13.8 Å². The average molecular weight is 166 g/mol. The molecule has 1 aliphatic heterocycles. The summed E-state index contributed by atoms with van der Waals surface area (Å²) in [6.07, 6.45) is 0. The zero-order valence-electron chi connectivity index (χ0n) is 7.55. The first-order valence-corrected chi connectivity index (χ1v) is 4.19. The Morgan fingerprint density at radius 3 is 3.00 bits per heavy atom. The Kier molecular flexibility index (Phi) is 3.12. The van der Waals surface area contributed by atoms with Gasteiger partial charge in [-0.05, 0) is 19.8 Å². The lowest BCUT2D eigenvalue weighted by Gasteiger charge is -2.30. The fourth-order valence-electron chi connectivity index (χ4n) is 1.30. The van der Waals surface area contributed by atoms with Crippen molar-refractivity contribution in [1.82, 2.24) is 10.2 Å². The van der Waals surface area contributed by atoms with Crippen LogP contribution in [-0.4, -0.2) is 36.5 Å². The number of hydrogen-bond donors (Lipinski definition) is 1. The molecule has 0 aromatic heterocycles. The maximum atomic E-state index is 11.3. The van der Waals surface area contributed by atoms with Crippen LogP contribution in [0.2, 0.25) is 0 Å². The number of nitrogens with one attached hydrogen (secondary N) is 1. The minimum atomic E-state index is -0.0501. The smallest absolute Gasteiger partial charge is 0.298 e. The van der Waals surface area contributed by atoms with Crippen molar-refractivity contribution in [3.8, 4) is 11.8 Å². The van der Waals surface area contributed by atoms with E-state index in [-0.39, 0.29) is 5.91 Å². The van der Waals surface area contributed by atoms with E-state index in [0.717, 1.165) is 19.6 Å². The first-order valence-electron chi connectivity index (χ1n) is 4.19. The van der Waals surface area contributed by atoms with Crippen LogP contribution in [0.15, 0.2) is 0 Å². The van der Waals surface area contributed by atoms with Crippen molar-refractivity contribution in [1.29, 1.82) is 0 Å². The van der Waals surface area contributed by atoms with Crippen LogP contribution >= 0.6 is 0 Å². The molecule has 1 amide bonds. The summed E-state index contributed by atoms with van der Waals surface area (Å²) in [4.78, 5) is 13.1. The normalized spacial score (nSPS) is 22.8. The summed E-state index contributed by atoms with van der Waals surface area (Å²) in [7, 11) is 0. The zero-order chi connectivity index (χ0) is 8.97. The number of carbonyl (C=O) groups excluding carboxylic acids is 1. The fourth-order valence-corrected chi connectivity index (χ4v) is 1.30. The standard InChI is InChI=1S/C9H14N2O/c1-3-4-9(12)11-6-5-10-8(2)7-11/h8,10H,5-7H2,1-2H3/t8-/m1/s1. The Labute approximate surface area is 73.1 Å². The summed E-state index contributed by atoms with van der Waals surface area (Å²) in [5, 5.41) is 3.27. The predicted octanol–water partition coefficient (Wildman–Crippen LogP) is -0.170. The number of rotatable bonds is 0. The van der Waals surface area contributed by atoms with Gasteiger partial charge in [0.25, 0.3) is 5.91 Å². The molecule has 66 valence electrons. The van der Waals surface area contributed by atoms with Gasteiger partial charge in [-0.15, -0.1) is 0 Å². The van der Waals surface area contributed by atoms with Gasteiger partial charge in [0, 0.05) is 25.7 Å². The van der Waals surface area contributed by atoms with Gasteiger partial charge in [-0.1, -0.05) is 5.92 Å². The lowest BCUT2D eigenvalue weighted by molar-refractivity contribution is -0.126. The Morgan fingerprint density at radius 1 is 1.67 bits per heavy atom. The highest BCUT2D eigenvalue weighted by molar-refractivity contribution is 5.93. The zero-order valence-corrected chi connectivity index (χ0v) is 7.55. The van der Waals surface area contributed by atoms with E-state index in [1.54, 1.807) is 11.8 Å². The maximum Gasteiger partial charge on any atom is 0.298 e. The molecule has 0 saturated carbocycles. The summed E-state index contributed by atoms with van der Waals surface area (Å²) in [6, 6.07) is 0.390. The van der Waals surface area contributed by atoms with Crippen LogP contribution in [0.25, 0.3) is 0 Å². The lowest BCUT2D eigenvalue weighted by atomic mass is 10.2. The third-order valence-corrected chi connectivity index (χ3v) is 1.89. The second kappa shape index (κ2) is 4.13. The molecule has 0 unspecified atom stereocenters. The molecule has 1 aliphatic rings. The largest absolute Gasteiger partial charge is 0.329 e. The first kappa shape index (κ1) is 9.08. The van der Waals surface area contributed by atoms with E-state index in [0.29, 0.717) is 6.04 Å². The summed E-state index contributed by atoms with van der Waals surface area (Å²) < 4.78 is 0. The Hall–Kier alpha value is -1.01. The van der Waals surface area contributed by atoms with Crippen molar-refractivity contribution in [3.63, 3.8) is 0 Å². The first-order chi connectivity index (χ1) is 5.74. The summed E-state index contributed by atoms with van der Waals surface area (Å²) in [6.45, 7) is 6.17. The van der Waals surface area contributed by atoms with Crippen LogP contribution in [0.4, 0.5) is 0 Å². The van der Waals surface area contributed by atoms with Crippen molar-refractivity contribution in [2.75, 3.05) is 19.6 Å². The van der Waals surface area contributed by atoms with E-state index in [9.17, 15) is 4.79 Å². The summed E-state index contributed by atoms with van der Waals surface area (Å²) in [5.74, 6) is 5.11. The predicted molar refractivity (Wildman–Crippen MR) is 47.5 cm³/mol. The van der Waals surface area contributed by atoms with E-state index < -0.39 is 0 Å². The van der Waals surface area contributed by atoms with Crippen molar-refractivity contribution in [2.45, 2.75) is 19.9 Å². The van der Waals surface area contributed by atoms with Crippen molar-refractivity contribution < 1.29 is 4.79 Å². The summed E-state index contributed by atoms with van der Waals surface area (Å²) in [5.41, 5.74) is 0. The molecule has 3 heteroatoms. The van der Waals surface area contributed by atoms with Crippen LogP contribution in [0.3, 0.4) is 0 Å². The fraction of sp³-hybridized carbons (Fsp3) is 0.667. The third-order valence-electron chi connectivity index (χ3n) is 1.89. The topological polar surface area (TPSA) is 32.3 Å². The number of carbonyl (C=O) groups is 1. The highest BCUT2D eigenvalue weighted by Crippen LogP contribution is 1.97. The molecule has 12 heavy (non-hydrogen) atoms. The Balaban J connectivity index is 2.49. The van der Waals surface area contributed by atoms with Gasteiger partial charge >= 0.3 is 0 Å². The van der Waals surface area contributed by atoms with Gasteiger partial charge in [0.15, 0.2) is 0 Å². The molecule has 1 rings (SSSR count). The molecular formula is C9H14N2O. The van der Waals surface area contributed by atoms with Gasteiger partial charge in [-0.2, -0.15) is 0 Å². The van der Waals surface area contributed by atoms with Crippen molar-refractivity contribution >= 4 is 5.91 Å². The molecule has 1 saturated heterocycles. The van der Waals surface area contributed by atoms with Crippen LogP contribution in [0, 0.1) is 11.8 Å². The van der Waals surface area contributed by atoms with Crippen LogP contribution < -0.4 is 5.32 Å². The highest BCUT2D eigenvalue weighted by Gasteiger charge is 2.18. The molecule has 1 heterocycles. The molecular weight excluding hydrogens is 152 g/mol. The monoisotopic (exact) mass is 166 g/mol. The molecule has 0 radical (unpaired) electrons. The molecule has 0 aromatic carbocycles. The minimum Gasteiger partial charge on any atom is -0.329 e. The molecule has 0 aromatic rings. The molecule has 0 bridgehead atoms. The van der Waals surface area contributed by atoms with Gasteiger partial charge in [0.05, 0.1) is 0 Å². The van der Waals surface area contributed by atoms with Gasteiger partial charge in [0.1, 0.15) is 0 Å². The van der Waals surface area contributed by atoms with Crippen LogP contribution in [-0.2, 0) is 4.79 Å². The number of piperazine rings is 1. The van der Waals surface area contributed by atoms with Gasteiger partial charge in [0.2, 0.25) is 0 Å². The van der Waals surface area contributed by atoms with Crippen molar-refractivity contribution in [3.05, 3.63) is 0 Å². The number of amides is 1. The third kappa shape index (κ3) is 2.24. The second-order valence-electron chi connectivity index (χ2n) is 2.98. The van der Waals surface area contributed by atoms with E-state index >= 15 is 0 Å². The van der Waals surface area contributed by atoms with E-state index in [2.05, 4.69) is 24.1 Å². The average Bonchev–Trinajstić information content (AvgIpc) is 2.05. The molecule has 0 spiro atoms. The van der Waals surface area contributed by atoms with Crippen LogP contribution in [0.5, 0.6) is 0 Å². The van der Waals surface area contributed by atoms with Gasteiger partial charge < -0.3 is 10.2 Å².